The summed E-state index contributed by atoms with van der Waals surface area (Å²) >= 11 is 0. The van der Waals surface area contributed by atoms with Gasteiger partial charge in [-0.05, 0) is 32.1 Å². The summed E-state index contributed by atoms with van der Waals surface area (Å²) in [6, 6.07) is 1.25. The summed E-state index contributed by atoms with van der Waals surface area (Å²) in [4.78, 5) is 38.3. The first-order valence-electron chi connectivity index (χ1n) is 8.14. The van der Waals surface area contributed by atoms with Crippen LogP contribution in [0, 0.1) is 0 Å². The molecule has 3 rings (SSSR count). The van der Waals surface area contributed by atoms with Crippen LogP contribution in [0.3, 0.4) is 0 Å². The maximum Gasteiger partial charge on any atom is 0.331 e. The Bertz CT molecular complexity index is 728. The molecule has 1 spiro atoms. The summed E-state index contributed by atoms with van der Waals surface area (Å²) in [6.07, 6.45) is 4.80. The zero-order valence-electron chi connectivity index (χ0n) is 13.7. The van der Waals surface area contributed by atoms with Crippen molar-refractivity contribution in [3.05, 3.63) is 32.6 Å². The minimum atomic E-state index is -0.480. The molecular weight excluding hydrogens is 298 g/mol. The molecule has 1 unspecified atom stereocenters. The molecule has 1 amide bonds. The third-order valence-corrected chi connectivity index (χ3v) is 5.12. The second kappa shape index (κ2) is 5.96. The number of nitrogens with zero attached hydrogens (tertiary/aromatic N) is 3. The van der Waals surface area contributed by atoms with E-state index >= 15 is 0 Å². The van der Waals surface area contributed by atoms with Crippen molar-refractivity contribution >= 4 is 5.91 Å². The lowest BCUT2D eigenvalue weighted by molar-refractivity contribution is -0.00693. The zero-order chi connectivity index (χ0) is 16.6. The molecule has 7 nitrogen and oxygen atoms in total. The highest BCUT2D eigenvalue weighted by atomic mass is 16.5. The maximum atomic E-state index is 12.8. The molecule has 0 N–H and O–H groups in total. The number of carbonyl (C=O) groups is 1. The van der Waals surface area contributed by atoms with E-state index in [-0.39, 0.29) is 17.2 Å². The van der Waals surface area contributed by atoms with Crippen molar-refractivity contribution in [3.8, 4) is 0 Å². The van der Waals surface area contributed by atoms with Crippen LogP contribution in [0.15, 0.2) is 15.7 Å². The highest BCUT2D eigenvalue weighted by Gasteiger charge is 2.37. The van der Waals surface area contributed by atoms with Gasteiger partial charge in [0.1, 0.15) is 5.69 Å². The summed E-state index contributed by atoms with van der Waals surface area (Å²) in [6.45, 7) is 2.03. The van der Waals surface area contributed by atoms with Crippen molar-refractivity contribution in [3.63, 3.8) is 0 Å². The average Bonchev–Trinajstić information content (AvgIpc) is 2.89. The molecule has 2 aliphatic rings. The molecule has 0 aromatic carbocycles. The van der Waals surface area contributed by atoms with Crippen molar-refractivity contribution in [2.45, 2.75) is 37.7 Å². The lowest BCUT2D eigenvalue weighted by atomic mass is 9.92. The molecule has 2 aliphatic heterocycles. The number of hydrogen-bond donors (Lipinski definition) is 0. The second-order valence-corrected chi connectivity index (χ2v) is 6.55. The third kappa shape index (κ3) is 2.85. The normalized spacial score (nSPS) is 24.9. The van der Waals surface area contributed by atoms with E-state index in [0.29, 0.717) is 13.1 Å². The Hall–Kier alpha value is -1.89. The number of rotatable bonds is 1. The van der Waals surface area contributed by atoms with Crippen molar-refractivity contribution in [1.29, 1.82) is 0 Å². The van der Waals surface area contributed by atoms with Crippen LogP contribution in [0.2, 0.25) is 0 Å². The Kier molecular flexibility index (Phi) is 4.14. The molecule has 0 bridgehead atoms. The van der Waals surface area contributed by atoms with Crippen molar-refractivity contribution in [1.82, 2.24) is 14.0 Å². The fourth-order valence-corrected chi connectivity index (χ4v) is 3.62. The van der Waals surface area contributed by atoms with E-state index in [0.717, 1.165) is 43.3 Å². The predicted octanol–water partition coefficient (Wildman–Crippen LogP) is 0.259. The van der Waals surface area contributed by atoms with Gasteiger partial charge in [-0.3, -0.25) is 18.7 Å². The van der Waals surface area contributed by atoms with E-state index in [1.54, 1.807) is 4.90 Å². The Morgan fingerprint density at radius 2 is 1.83 bits per heavy atom. The monoisotopic (exact) mass is 321 g/mol. The first kappa shape index (κ1) is 16.0. The lowest BCUT2D eigenvalue weighted by Gasteiger charge is -2.27. The number of ether oxygens (including phenoxy) is 1. The minimum absolute atomic E-state index is 0.0757. The van der Waals surface area contributed by atoms with Crippen LogP contribution in [0.1, 0.15) is 42.6 Å². The lowest BCUT2D eigenvalue weighted by Crippen LogP contribution is -2.42. The Labute approximate surface area is 134 Å². The highest BCUT2D eigenvalue weighted by molar-refractivity contribution is 5.92. The van der Waals surface area contributed by atoms with Gasteiger partial charge in [-0.1, -0.05) is 0 Å². The summed E-state index contributed by atoms with van der Waals surface area (Å²) in [7, 11) is 2.93. The minimum Gasteiger partial charge on any atom is -0.375 e. The topological polar surface area (TPSA) is 73.5 Å². The van der Waals surface area contributed by atoms with Crippen LogP contribution in [-0.4, -0.2) is 45.2 Å². The van der Waals surface area contributed by atoms with E-state index in [4.69, 9.17) is 4.74 Å². The number of likely N-dealkylation sites (tertiary alicyclic amines) is 1. The standard InChI is InChI=1S/C16H23N3O4/c1-17-12(11-13(20)18(2)15(17)22)14(21)19-8-3-5-16(7-9-19)6-4-10-23-16/h11H,3-10H2,1-2H3. The first-order chi connectivity index (χ1) is 10.9. The van der Waals surface area contributed by atoms with Crippen molar-refractivity contribution < 1.29 is 9.53 Å². The molecule has 0 aliphatic carbocycles. The number of aromatic nitrogens is 2. The van der Waals surface area contributed by atoms with Gasteiger partial charge < -0.3 is 9.64 Å². The molecule has 0 saturated carbocycles. The molecule has 126 valence electrons. The zero-order valence-corrected chi connectivity index (χ0v) is 13.7. The van der Waals surface area contributed by atoms with E-state index in [9.17, 15) is 14.4 Å². The maximum absolute atomic E-state index is 12.8. The van der Waals surface area contributed by atoms with Gasteiger partial charge in [0.2, 0.25) is 0 Å². The summed E-state index contributed by atoms with van der Waals surface area (Å²) in [5.41, 5.74) is -0.859. The second-order valence-electron chi connectivity index (χ2n) is 6.55. The molecule has 23 heavy (non-hydrogen) atoms. The molecule has 0 radical (unpaired) electrons. The molecule has 2 saturated heterocycles. The largest absolute Gasteiger partial charge is 0.375 e. The van der Waals surface area contributed by atoms with Crippen LogP contribution >= 0.6 is 0 Å². The van der Waals surface area contributed by atoms with E-state index < -0.39 is 11.2 Å². The van der Waals surface area contributed by atoms with E-state index in [1.807, 2.05) is 0 Å². The predicted molar refractivity (Wildman–Crippen MR) is 84.6 cm³/mol. The first-order valence-corrected chi connectivity index (χ1v) is 8.14. The molecule has 1 atom stereocenters. The summed E-state index contributed by atoms with van der Waals surface area (Å²) < 4.78 is 8.17. The number of carbonyl (C=O) groups excluding carboxylic acids is 1. The van der Waals surface area contributed by atoms with E-state index in [1.165, 1.54) is 24.7 Å². The van der Waals surface area contributed by atoms with Gasteiger partial charge in [-0.15, -0.1) is 0 Å². The van der Waals surface area contributed by atoms with Crippen molar-refractivity contribution in [2.24, 2.45) is 14.1 Å². The molecule has 1 aromatic rings. The van der Waals surface area contributed by atoms with Gasteiger partial charge in [-0.25, -0.2) is 4.79 Å². The van der Waals surface area contributed by atoms with Crippen LogP contribution in [0.5, 0.6) is 0 Å². The SMILES string of the molecule is Cn1c(C(=O)N2CCCC3(CCCO3)CC2)cc(=O)n(C)c1=O. The average molecular weight is 321 g/mol. The van der Waals surface area contributed by atoms with Gasteiger partial charge >= 0.3 is 5.69 Å². The highest BCUT2D eigenvalue weighted by Crippen LogP contribution is 2.35. The van der Waals surface area contributed by atoms with Gasteiger partial charge in [-0.2, -0.15) is 0 Å². The quantitative estimate of drug-likeness (QED) is 0.744. The molecular formula is C16H23N3O4. The van der Waals surface area contributed by atoms with Crippen LogP contribution in [0.25, 0.3) is 0 Å². The third-order valence-electron chi connectivity index (χ3n) is 5.12. The molecule has 3 heterocycles. The number of hydrogen-bond acceptors (Lipinski definition) is 4. The van der Waals surface area contributed by atoms with Gasteiger partial charge in [0.05, 0.1) is 5.60 Å². The number of amides is 1. The molecule has 2 fully saturated rings. The van der Waals surface area contributed by atoms with Crippen LogP contribution in [0.4, 0.5) is 0 Å². The van der Waals surface area contributed by atoms with Crippen LogP contribution < -0.4 is 11.2 Å². The van der Waals surface area contributed by atoms with Crippen molar-refractivity contribution in [2.75, 3.05) is 19.7 Å². The smallest absolute Gasteiger partial charge is 0.331 e. The fraction of sp³-hybridized carbons (Fsp3) is 0.688. The summed E-state index contributed by atoms with van der Waals surface area (Å²) in [5, 5.41) is 0. The fourth-order valence-electron chi connectivity index (χ4n) is 3.62. The van der Waals surface area contributed by atoms with Gasteiger partial charge in [0.25, 0.3) is 11.5 Å². The van der Waals surface area contributed by atoms with Gasteiger partial charge in [0.15, 0.2) is 0 Å². The van der Waals surface area contributed by atoms with Gasteiger partial charge in [0, 0.05) is 39.9 Å². The Morgan fingerprint density at radius 1 is 1.09 bits per heavy atom. The Morgan fingerprint density at radius 3 is 2.52 bits per heavy atom. The summed E-state index contributed by atoms with van der Waals surface area (Å²) in [5.74, 6) is -0.252. The molecule has 1 aromatic heterocycles. The van der Waals surface area contributed by atoms with E-state index in [2.05, 4.69) is 0 Å². The van der Waals surface area contributed by atoms with Crippen LogP contribution in [-0.2, 0) is 18.8 Å². The molecule has 7 heteroatoms. The Balaban J connectivity index is 1.84.